The van der Waals surface area contributed by atoms with E-state index in [1.165, 1.54) is 6.07 Å². The zero-order valence-corrected chi connectivity index (χ0v) is 15.6. The van der Waals surface area contributed by atoms with Crippen LogP contribution in [-0.2, 0) is 6.54 Å². The van der Waals surface area contributed by atoms with Crippen LogP contribution < -0.4 is 9.47 Å². The van der Waals surface area contributed by atoms with Crippen molar-refractivity contribution < 1.29 is 19.2 Å². The summed E-state index contributed by atoms with van der Waals surface area (Å²) in [5, 5.41) is 11.4. The Hall–Kier alpha value is -3.13. The predicted molar refractivity (Wildman–Crippen MR) is 102 cm³/mol. The van der Waals surface area contributed by atoms with Gasteiger partial charge in [0.2, 0.25) is 6.79 Å². The number of aryl methyl sites for hydroxylation is 1. The van der Waals surface area contributed by atoms with Gasteiger partial charge in [-0.25, -0.2) is 0 Å². The lowest BCUT2D eigenvalue weighted by atomic mass is 10.1. The summed E-state index contributed by atoms with van der Waals surface area (Å²) in [6, 6.07) is 10.8. The van der Waals surface area contributed by atoms with Crippen LogP contribution in [0.15, 0.2) is 36.4 Å². The molecule has 0 bridgehead atoms. The van der Waals surface area contributed by atoms with Gasteiger partial charge in [0.25, 0.3) is 11.6 Å². The molecule has 1 fully saturated rings. The molecule has 8 heteroatoms. The molecule has 2 aliphatic rings. The molecule has 2 aromatic carbocycles. The average Bonchev–Trinajstić information content (AvgIpc) is 3.15. The van der Waals surface area contributed by atoms with E-state index in [-0.39, 0.29) is 24.0 Å². The van der Waals surface area contributed by atoms with Gasteiger partial charge in [0.1, 0.15) is 5.56 Å². The molecule has 2 aliphatic heterocycles. The fourth-order valence-corrected chi connectivity index (χ4v) is 3.65. The number of hydrogen-bond acceptors (Lipinski definition) is 6. The number of nitrogens with zero attached hydrogens (tertiary/aromatic N) is 3. The number of amides is 1. The van der Waals surface area contributed by atoms with Crippen molar-refractivity contribution in [1.82, 2.24) is 9.80 Å². The minimum Gasteiger partial charge on any atom is -0.454 e. The number of hydrogen-bond donors (Lipinski definition) is 0. The standard InChI is InChI=1S/C20H21N3O5/c1-14-3-2-4-16(19(14)23(25)26)20(24)22-9-7-21(8-10-22)12-15-5-6-17-18(11-15)28-13-27-17/h2-6,11H,7-10,12-13H2,1H3. The van der Waals surface area contributed by atoms with Gasteiger partial charge in [-0.1, -0.05) is 18.2 Å². The van der Waals surface area contributed by atoms with E-state index >= 15 is 0 Å². The second-order valence-corrected chi connectivity index (χ2v) is 6.98. The molecule has 28 heavy (non-hydrogen) atoms. The fraction of sp³-hybridized carbons (Fsp3) is 0.350. The quantitative estimate of drug-likeness (QED) is 0.596. The molecule has 0 atom stereocenters. The molecule has 0 saturated carbocycles. The maximum atomic E-state index is 12.8. The molecule has 0 N–H and O–H groups in total. The first-order valence-corrected chi connectivity index (χ1v) is 9.17. The molecular formula is C20H21N3O5. The van der Waals surface area contributed by atoms with Crippen molar-refractivity contribution in [3.63, 3.8) is 0 Å². The summed E-state index contributed by atoms with van der Waals surface area (Å²) in [5.74, 6) is 1.25. The van der Waals surface area contributed by atoms with Crippen molar-refractivity contribution in [1.29, 1.82) is 0 Å². The number of benzene rings is 2. The van der Waals surface area contributed by atoms with E-state index in [9.17, 15) is 14.9 Å². The van der Waals surface area contributed by atoms with Gasteiger partial charge in [-0.3, -0.25) is 19.8 Å². The van der Waals surface area contributed by atoms with Crippen LogP contribution in [0.25, 0.3) is 0 Å². The van der Waals surface area contributed by atoms with Crippen LogP contribution >= 0.6 is 0 Å². The Morgan fingerprint density at radius 3 is 2.61 bits per heavy atom. The molecule has 0 radical (unpaired) electrons. The van der Waals surface area contributed by atoms with Crippen molar-refractivity contribution in [2.24, 2.45) is 0 Å². The van der Waals surface area contributed by atoms with Crippen LogP contribution in [0.4, 0.5) is 5.69 Å². The molecule has 1 amide bonds. The Bertz CT molecular complexity index is 922. The lowest BCUT2D eigenvalue weighted by Gasteiger charge is -2.34. The smallest absolute Gasteiger partial charge is 0.285 e. The van der Waals surface area contributed by atoms with Gasteiger partial charge in [-0.15, -0.1) is 0 Å². The van der Waals surface area contributed by atoms with E-state index in [0.717, 1.165) is 23.6 Å². The zero-order valence-electron chi connectivity index (χ0n) is 15.6. The SMILES string of the molecule is Cc1cccc(C(=O)N2CCN(Cc3ccc4c(c3)OCO4)CC2)c1[N+](=O)[O-]. The summed E-state index contributed by atoms with van der Waals surface area (Å²) in [6.45, 7) is 5.15. The maximum Gasteiger partial charge on any atom is 0.285 e. The van der Waals surface area contributed by atoms with Gasteiger partial charge in [-0.2, -0.15) is 0 Å². The van der Waals surface area contributed by atoms with E-state index in [0.29, 0.717) is 31.7 Å². The number of nitro groups is 1. The van der Waals surface area contributed by atoms with Gasteiger partial charge in [-0.05, 0) is 30.7 Å². The van der Waals surface area contributed by atoms with Gasteiger partial charge in [0.15, 0.2) is 11.5 Å². The van der Waals surface area contributed by atoms with Crippen LogP contribution in [0.2, 0.25) is 0 Å². The lowest BCUT2D eigenvalue weighted by Crippen LogP contribution is -2.48. The van der Waals surface area contributed by atoms with Gasteiger partial charge >= 0.3 is 0 Å². The molecule has 0 aromatic heterocycles. The third kappa shape index (κ3) is 3.50. The number of ether oxygens (including phenoxy) is 2. The molecular weight excluding hydrogens is 362 g/mol. The summed E-state index contributed by atoms with van der Waals surface area (Å²) >= 11 is 0. The summed E-state index contributed by atoms with van der Waals surface area (Å²) in [7, 11) is 0. The van der Waals surface area contributed by atoms with E-state index < -0.39 is 4.92 Å². The zero-order chi connectivity index (χ0) is 19.7. The first-order chi connectivity index (χ1) is 13.5. The third-order valence-corrected chi connectivity index (χ3v) is 5.15. The Kier molecular flexibility index (Phi) is 4.87. The number of para-hydroxylation sites is 1. The number of carbonyl (C=O) groups excluding carboxylic acids is 1. The van der Waals surface area contributed by atoms with Crippen molar-refractivity contribution in [2.45, 2.75) is 13.5 Å². The highest BCUT2D eigenvalue weighted by Gasteiger charge is 2.28. The fourth-order valence-electron chi connectivity index (χ4n) is 3.65. The molecule has 4 rings (SSSR count). The monoisotopic (exact) mass is 383 g/mol. The van der Waals surface area contributed by atoms with Crippen molar-refractivity contribution >= 4 is 11.6 Å². The van der Waals surface area contributed by atoms with Gasteiger partial charge < -0.3 is 14.4 Å². The van der Waals surface area contributed by atoms with Crippen LogP contribution in [0.1, 0.15) is 21.5 Å². The van der Waals surface area contributed by atoms with Crippen molar-refractivity contribution in [3.05, 3.63) is 63.2 Å². The van der Waals surface area contributed by atoms with Crippen LogP contribution in [-0.4, -0.2) is 53.6 Å². The highest BCUT2D eigenvalue weighted by Crippen LogP contribution is 2.33. The Morgan fingerprint density at radius 1 is 1.11 bits per heavy atom. The van der Waals surface area contributed by atoms with Crippen LogP contribution in [0.3, 0.4) is 0 Å². The Labute approximate surface area is 162 Å². The summed E-state index contributed by atoms with van der Waals surface area (Å²) in [4.78, 5) is 27.7. The molecule has 1 saturated heterocycles. The summed E-state index contributed by atoms with van der Waals surface area (Å²) in [5.41, 5.74) is 1.68. The van der Waals surface area contributed by atoms with Crippen molar-refractivity contribution in [2.75, 3.05) is 33.0 Å². The van der Waals surface area contributed by atoms with E-state index in [4.69, 9.17) is 9.47 Å². The Balaban J connectivity index is 1.40. The topological polar surface area (TPSA) is 85.2 Å². The largest absolute Gasteiger partial charge is 0.454 e. The number of rotatable bonds is 4. The van der Waals surface area contributed by atoms with Crippen molar-refractivity contribution in [3.8, 4) is 11.5 Å². The molecule has 0 aliphatic carbocycles. The average molecular weight is 383 g/mol. The predicted octanol–water partition coefficient (Wildman–Crippen LogP) is 2.59. The normalized spacial score (nSPS) is 16.2. The molecule has 8 nitrogen and oxygen atoms in total. The molecule has 2 aromatic rings. The molecule has 0 spiro atoms. The van der Waals surface area contributed by atoms with E-state index in [1.54, 1.807) is 24.0 Å². The molecule has 146 valence electrons. The maximum absolute atomic E-state index is 12.8. The molecule has 2 heterocycles. The number of carbonyl (C=O) groups is 1. The summed E-state index contributed by atoms with van der Waals surface area (Å²) < 4.78 is 10.8. The first-order valence-electron chi connectivity index (χ1n) is 9.17. The second-order valence-electron chi connectivity index (χ2n) is 6.98. The van der Waals surface area contributed by atoms with E-state index in [2.05, 4.69) is 4.90 Å². The first kappa shape index (κ1) is 18.2. The molecule has 0 unspecified atom stereocenters. The van der Waals surface area contributed by atoms with Gasteiger partial charge in [0.05, 0.1) is 4.92 Å². The number of nitro benzene ring substituents is 1. The lowest BCUT2D eigenvalue weighted by molar-refractivity contribution is -0.385. The van der Waals surface area contributed by atoms with Crippen LogP contribution in [0, 0.1) is 17.0 Å². The minimum absolute atomic E-state index is 0.102. The summed E-state index contributed by atoms with van der Waals surface area (Å²) in [6.07, 6.45) is 0. The third-order valence-electron chi connectivity index (χ3n) is 5.15. The highest BCUT2D eigenvalue weighted by molar-refractivity contribution is 5.98. The Morgan fingerprint density at radius 2 is 1.86 bits per heavy atom. The second kappa shape index (κ2) is 7.47. The highest BCUT2D eigenvalue weighted by atomic mass is 16.7. The number of fused-ring (bicyclic) bond motifs is 1. The minimum atomic E-state index is -0.474. The van der Waals surface area contributed by atoms with E-state index in [1.807, 2.05) is 18.2 Å². The van der Waals surface area contributed by atoms with Crippen LogP contribution in [0.5, 0.6) is 11.5 Å². The number of piperazine rings is 1. The van der Waals surface area contributed by atoms with Gasteiger partial charge in [0, 0.05) is 38.3 Å².